The zero-order valence-electron chi connectivity index (χ0n) is 17.6. The van der Waals surface area contributed by atoms with Crippen molar-refractivity contribution in [3.05, 3.63) is 35.9 Å². The summed E-state index contributed by atoms with van der Waals surface area (Å²) in [6.45, 7) is 7.00. The van der Waals surface area contributed by atoms with Gasteiger partial charge in [-0.15, -0.1) is 0 Å². The van der Waals surface area contributed by atoms with Crippen LogP contribution in [-0.4, -0.2) is 40.4 Å². The highest BCUT2D eigenvalue weighted by Gasteiger charge is 2.50. The molecule has 2 N–H and O–H groups in total. The number of benzene rings is 1. The summed E-state index contributed by atoms with van der Waals surface area (Å²) < 4.78 is 0. The SMILES string of the molecule is C[C@H]1C[C@@H]2[C@@H](CC(=O)N2Cc2ccccc2)[C@@H]1CNC(=O)CC(C)(C)CC(=O)O. The number of carbonyl (C=O) groups excluding carboxylic acids is 2. The molecule has 1 aliphatic heterocycles. The van der Waals surface area contributed by atoms with E-state index in [9.17, 15) is 14.4 Å². The average molecular weight is 401 g/mol. The molecule has 1 aromatic rings. The summed E-state index contributed by atoms with van der Waals surface area (Å²) in [5.41, 5.74) is 0.571. The van der Waals surface area contributed by atoms with Crippen molar-refractivity contribution in [1.29, 1.82) is 0 Å². The van der Waals surface area contributed by atoms with Gasteiger partial charge in [0.05, 0.1) is 6.42 Å². The summed E-state index contributed by atoms with van der Waals surface area (Å²) in [5, 5.41) is 12.0. The molecular formula is C23H32N2O4. The Bertz CT molecular complexity index is 761. The van der Waals surface area contributed by atoms with Crippen LogP contribution in [0.2, 0.25) is 0 Å². The van der Waals surface area contributed by atoms with Crippen molar-refractivity contribution in [1.82, 2.24) is 10.2 Å². The van der Waals surface area contributed by atoms with Crippen molar-refractivity contribution in [3.8, 4) is 0 Å². The third-order valence-corrected chi connectivity index (χ3v) is 6.52. The number of carbonyl (C=O) groups is 3. The molecule has 0 bridgehead atoms. The number of likely N-dealkylation sites (tertiary alicyclic amines) is 1. The predicted octanol–water partition coefficient (Wildman–Crippen LogP) is 3.07. The van der Waals surface area contributed by atoms with E-state index in [1.807, 2.05) is 23.1 Å². The molecule has 1 saturated heterocycles. The number of nitrogens with one attached hydrogen (secondary N) is 1. The standard InChI is InChI=1S/C23H32N2O4/c1-15-9-19-17(10-21(27)25(19)14-16-7-5-4-6-8-16)18(15)13-24-20(26)11-23(2,3)12-22(28)29/h4-8,15,17-19H,9-14H2,1-3H3,(H,24,26)(H,28,29)/t15-,17-,18+,19+/m0/s1. The molecule has 0 unspecified atom stereocenters. The monoisotopic (exact) mass is 400 g/mol. The van der Waals surface area contributed by atoms with Crippen molar-refractivity contribution >= 4 is 17.8 Å². The lowest BCUT2D eigenvalue weighted by Gasteiger charge is -2.25. The maximum atomic E-state index is 12.7. The number of fused-ring (bicyclic) bond motifs is 1. The molecule has 1 aromatic carbocycles. The molecule has 1 saturated carbocycles. The van der Waals surface area contributed by atoms with Gasteiger partial charge in [0.15, 0.2) is 0 Å². The topological polar surface area (TPSA) is 86.7 Å². The van der Waals surface area contributed by atoms with E-state index in [1.54, 1.807) is 13.8 Å². The van der Waals surface area contributed by atoms with Crippen LogP contribution < -0.4 is 5.32 Å². The summed E-state index contributed by atoms with van der Waals surface area (Å²) in [6, 6.07) is 10.3. The largest absolute Gasteiger partial charge is 0.481 e. The van der Waals surface area contributed by atoms with Crippen LogP contribution >= 0.6 is 0 Å². The van der Waals surface area contributed by atoms with Crippen molar-refractivity contribution in [3.63, 3.8) is 0 Å². The molecule has 2 aliphatic rings. The lowest BCUT2D eigenvalue weighted by atomic mass is 9.85. The Kier molecular flexibility index (Phi) is 6.30. The molecule has 1 aliphatic carbocycles. The number of carboxylic acid groups (broad SMARTS) is 1. The van der Waals surface area contributed by atoms with Crippen LogP contribution in [0, 0.1) is 23.2 Å². The van der Waals surface area contributed by atoms with Crippen LogP contribution in [0.15, 0.2) is 30.3 Å². The van der Waals surface area contributed by atoms with Crippen LogP contribution in [-0.2, 0) is 20.9 Å². The van der Waals surface area contributed by atoms with Gasteiger partial charge >= 0.3 is 5.97 Å². The van der Waals surface area contributed by atoms with Crippen molar-refractivity contribution < 1.29 is 19.5 Å². The highest BCUT2D eigenvalue weighted by Crippen LogP contribution is 2.46. The Morgan fingerprint density at radius 2 is 1.90 bits per heavy atom. The van der Waals surface area contributed by atoms with Crippen molar-refractivity contribution in [2.45, 2.75) is 59.0 Å². The van der Waals surface area contributed by atoms with Gasteiger partial charge in [-0.1, -0.05) is 51.1 Å². The summed E-state index contributed by atoms with van der Waals surface area (Å²) in [7, 11) is 0. The molecule has 4 atom stereocenters. The first-order valence-corrected chi connectivity index (χ1v) is 10.5. The number of amides is 2. The molecule has 6 heteroatoms. The zero-order valence-corrected chi connectivity index (χ0v) is 17.6. The van der Waals surface area contributed by atoms with Gasteiger partial charge in [-0.3, -0.25) is 14.4 Å². The smallest absolute Gasteiger partial charge is 0.303 e. The maximum absolute atomic E-state index is 12.7. The van der Waals surface area contributed by atoms with Gasteiger partial charge in [-0.25, -0.2) is 0 Å². The fourth-order valence-corrected chi connectivity index (χ4v) is 5.13. The van der Waals surface area contributed by atoms with E-state index < -0.39 is 11.4 Å². The second kappa shape index (κ2) is 8.56. The number of hydrogen-bond donors (Lipinski definition) is 2. The number of hydrogen-bond acceptors (Lipinski definition) is 3. The predicted molar refractivity (Wildman–Crippen MR) is 110 cm³/mol. The third kappa shape index (κ3) is 5.17. The van der Waals surface area contributed by atoms with E-state index in [1.165, 1.54) is 0 Å². The fourth-order valence-electron chi connectivity index (χ4n) is 5.13. The molecular weight excluding hydrogens is 368 g/mol. The molecule has 2 amide bonds. The molecule has 2 fully saturated rings. The van der Waals surface area contributed by atoms with Gasteiger partial charge in [-0.05, 0) is 35.2 Å². The van der Waals surface area contributed by atoms with E-state index >= 15 is 0 Å². The summed E-state index contributed by atoms with van der Waals surface area (Å²) in [5.74, 6) is 0.179. The minimum absolute atomic E-state index is 0.0338. The lowest BCUT2D eigenvalue weighted by molar-refractivity contribution is -0.139. The zero-order chi connectivity index (χ0) is 21.2. The van der Waals surface area contributed by atoms with E-state index in [-0.39, 0.29) is 42.5 Å². The molecule has 6 nitrogen and oxygen atoms in total. The molecule has 0 radical (unpaired) electrons. The fraction of sp³-hybridized carbons (Fsp3) is 0.609. The van der Waals surface area contributed by atoms with E-state index in [2.05, 4.69) is 24.4 Å². The minimum Gasteiger partial charge on any atom is -0.481 e. The normalized spacial score (nSPS) is 26.4. The van der Waals surface area contributed by atoms with Crippen molar-refractivity contribution in [2.24, 2.45) is 23.2 Å². The van der Waals surface area contributed by atoms with E-state index in [4.69, 9.17) is 5.11 Å². The highest BCUT2D eigenvalue weighted by atomic mass is 16.4. The van der Waals surface area contributed by atoms with Gasteiger partial charge in [0.1, 0.15) is 0 Å². The van der Waals surface area contributed by atoms with Gasteiger partial charge in [-0.2, -0.15) is 0 Å². The van der Waals surface area contributed by atoms with Gasteiger partial charge < -0.3 is 15.3 Å². The molecule has 1 heterocycles. The molecule has 29 heavy (non-hydrogen) atoms. The van der Waals surface area contributed by atoms with Crippen LogP contribution in [0.4, 0.5) is 0 Å². The first-order valence-electron chi connectivity index (χ1n) is 10.5. The lowest BCUT2D eigenvalue weighted by Crippen LogP contribution is -2.36. The second-order valence-electron chi connectivity index (χ2n) is 9.53. The number of nitrogens with zero attached hydrogens (tertiary/aromatic N) is 1. The van der Waals surface area contributed by atoms with Crippen LogP contribution in [0.25, 0.3) is 0 Å². The van der Waals surface area contributed by atoms with Gasteiger partial charge in [0.2, 0.25) is 11.8 Å². The molecule has 0 aromatic heterocycles. The quantitative estimate of drug-likeness (QED) is 0.702. The van der Waals surface area contributed by atoms with Gasteiger partial charge in [0.25, 0.3) is 0 Å². The number of aliphatic carboxylic acids is 1. The van der Waals surface area contributed by atoms with Crippen LogP contribution in [0.1, 0.15) is 52.0 Å². The summed E-state index contributed by atoms with van der Waals surface area (Å²) in [6.07, 6.45) is 1.67. The third-order valence-electron chi connectivity index (χ3n) is 6.52. The summed E-state index contributed by atoms with van der Waals surface area (Å²) >= 11 is 0. The van der Waals surface area contributed by atoms with Gasteiger partial charge in [0, 0.05) is 32.0 Å². The molecule has 158 valence electrons. The molecule has 3 rings (SSSR count). The van der Waals surface area contributed by atoms with Crippen molar-refractivity contribution in [2.75, 3.05) is 6.54 Å². The maximum Gasteiger partial charge on any atom is 0.303 e. The Morgan fingerprint density at radius 3 is 2.55 bits per heavy atom. The highest BCUT2D eigenvalue weighted by molar-refractivity contribution is 5.80. The summed E-state index contributed by atoms with van der Waals surface area (Å²) in [4.78, 5) is 38.0. The Balaban J connectivity index is 1.57. The number of carboxylic acids is 1. The number of rotatable bonds is 8. The van der Waals surface area contributed by atoms with E-state index in [0.29, 0.717) is 25.4 Å². The van der Waals surface area contributed by atoms with E-state index in [0.717, 1.165) is 12.0 Å². The first-order chi connectivity index (χ1) is 13.7. The Labute approximate surface area is 172 Å². The second-order valence-corrected chi connectivity index (χ2v) is 9.53. The Hall–Kier alpha value is -2.37. The first kappa shape index (κ1) is 21.3. The minimum atomic E-state index is -0.891. The molecule has 0 spiro atoms. The van der Waals surface area contributed by atoms with Crippen LogP contribution in [0.5, 0.6) is 0 Å². The van der Waals surface area contributed by atoms with Crippen LogP contribution in [0.3, 0.4) is 0 Å². The average Bonchev–Trinajstić information content (AvgIpc) is 3.07. The Morgan fingerprint density at radius 1 is 1.21 bits per heavy atom.